The van der Waals surface area contributed by atoms with Gasteiger partial charge in [-0.25, -0.2) is 9.97 Å². The van der Waals surface area contributed by atoms with Crippen molar-refractivity contribution in [2.75, 3.05) is 0 Å². The van der Waals surface area contributed by atoms with Gasteiger partial charge in [0, 0.05) is 11.0 Å². The summed E-state index contributed by atoms with van der Waals surface area (Å²) in [5, 5.41) is 0.599. The summed E-state index contributed by atoms with van der Waals surface area (Å²) in [6, 6.07) is 0. The maximum atomic E-state index is 6.18. The third kappa shape index (κ3) is 2.69. The smallest absolute Gasteiger partial charge is 0.136 e. The van der Waals surface area contributed by atoms with Crippen molar-refractivity contribution in [2.24, 2.45) is 0 Å². The molecule has 0 saturated carbocycles. The number of rotatable bonds is 1. The van der Waals surface area contributed by atoms with Gasteiger partial charge in [-0.05, 0) is 12.8 Å². The van der Waals surface area contributed by atoms with Gasteiger partial charge in [-0.2, -0.15) is 0 Å². The fraction of sp³-hybridized carbons (Fsp3) is 0.667. The molecular formula is C12H19ClN2. The van der Waals surface area contributed by atoms with Crippen LogP contribution in [0.3, 0.4) is 0 Å². The minimum Gasteiger partial charge on any atom is -0.237 e. The summed E-state index contributed by atoms with van der Waals surface area (Å²) in [5.74, 6) is 1.10. The van der Waals surface area contributed by atoms with Crippen molar-refractivity contribution < 1.29 is 0 Å². The number of nitrogens with zero attached hydrogens (tertiary/aromatic N) is 2. The molecule has 3 heteroatoms. The lowest BCUT2D eigenvalue weighted by atomic mass is 9.85. The third-order valence-corrected chi connectivity index (χ3v) is 2.59. The van der Waals surface area contributed by atoms with E-state index in [-0.39, 0.29) is 5.41 Å². The van der Waals surface area contributed by atoms with Crippen LogP contribution in [0.5, 0.6) is 0 Å². The zero-order valence-corrected chi connectivity index (χ0v) is 11.1. The molecule has 0 bridgehead atoms. The fourth-order valence-electron chi connectivity index (χ4n) is 1.63. The van der Waals surface area contributed by atoms with Gasteiger partial charge in [-0.15, -0.1) is 0 Å². The highest BCUT2D eigenvalue weighted by Crippen LogP contribution is 2.32. The molecule has 0 radical (unpaired) electrons. The lowest BCUT2D eigenvalue weighted by Crippen LogP contribution is -2.19. The molecule has 0 aromatic carbocycles. The molecule has 1 aromatic heterocycles. The number of hydrogen-bond donors (Lipinski definition) is 0. The van der Waals surface area contributed by atoms with Crippen LogP contribution in [0.2, 0.25) is 5.15 Å². The van der Waals surface area contributed by atoms with Crippen molar-refractivity contribution >= 4 is 11.6 Å². The fourth-order valence-corrected chi connectivity index (χ4v) is 2.06. The van der Waals surface area contributed by atoms with Crippen LogP contribution in [-0.4, -0.2) is 9.97 Å². The summed E-state index contributed by atoms with van der Waals surface area (Å²) in [5.41, 5.74) is 2.15. The summed E-state index contributed by atoms with van der Waals surface area (Å²) in [7, 11) is 0. The van der Waals surface area contributed by atoms with E-state index in [0.29, 0.717) is 11.1 Å². The van der Waals surface area contributed by atoms with Gasteiger partial charge in [-0.3, -0.25) is 0 Å². The summed E-state index contributed by atoms with van der Waals surface area (Å²) < 4.78 is 0. The molecule has 0 saturated heterocycles. The first-order valence-corrected chi connectivity index (χ1v) is 5.65. The van der Waals surface area contributed by atoms with Crippen LogP contribution in [-0.2, 0) is 5.41 Å². The average Bonchev–Trinajstić information content (AvgIpc) is 1.99. The molecule has 1 rings (SSSR count). The summed E-state index contributed by atoms with van der Waals surface area (Å²) in [6.45, 7) is 12.6. The molecule has 0 spiro atoms. The second kappa shape index (κ2) is 4.09. The first-order chi connectivity index (χ1) is 6.73. The van der Waals surface area contributed by atoms with E-state index in [0.717, 1.165) is 17.1 Å². The molecular weight excluding hydrogens is 208 g/mol. The second-order valence-electron chi connectivity index (χ2n) is 5.23. The van der Waals surface area contributed by atoms with Crippen LogP contribution >= 0.6 is 11.6 Å². The summed E-state index contributed by atoms with van der Waals surface area (Å²) in [4.78, 5) is 8.75. The van der Waals surface area contributed by atoms with Crippen molar-refractivity contribution in [1.29, 1.82) is 0 Å². The van der Waals surface area contributed by atoms with Crippen LogP contribution in [0.4, 0.5) is 0 Å². The van der Waals surface area contributed by atoms with Gasteiger partial charge in [0.1, 0.15) is 11.0 Å². The number of aromatic nitrogens is 2. The van der Waals surface area contributed by atoms with Gasteiger partial charge >= 0.3 is 0 Å². The predicted octanol–water partition coefficient (Wildman–Crippen LogP) is 3.86. The Morgan fingerprint density at radius 2 is 1.67 bits per heavy atom. The van der Waals surface area contributed by atoms with E-state index in [1.165, 1.54) is 0 Å². The van der Waals surface area contributed by atoms with Gasteiger partial charge in [0.15, 0.2) is 0 Å². The van der Waals surface area contributed by atoms with Crippen molar-refractivity contribution in [3.63, 3.8) is 0 Å². The molecule has 1 aromatic rings. The number of hydrogen-bond acceptors (Lipinski definition) is 2. The van der Waals surface area contributed by atoms with Crippen molar-refractivity contribution in [2.45, 2.75) is 52.9 Å². The SMILES string of the molecule is Cc1nc(Cl)c(C(C)C)c(C(C)(C)C)n1. The maximum absolute atomic E-state index is 6.18. The largest absolute Gasteiger partial charge is 0.237 e. The van der Waals surface area contributed by atoms with E-state index in [9.17, 15) is 0 Å². The first kappa shape index (κ1) is 12.4. The van der Waals surface area contributed by atoms with Crippen molar-refractivity contribution in [1.82, 2.24) is 9.97 Å². The van der Waals surface area contributed by atoms with E-state index in [1.807, 2.05) is 6.92 Å². The molecule has 0 atom stereocenters. The minimum atomic E-state index is 0.0109. The Bertz CT molecular complexity index is 365. The van der Waals surface area contributed by atoms with Crippen LogP contribution in [0, 0.1) is 6.92 Å². The maximum Gasteiger partial charge on any atom is 0.136 e. The number of aryl methyl sites for hydroxylation is 1. The van der Waals surface area contributed by atoms with E-state index >= 15 is 0 Å². The Kier molecular flexibility index (Phi) is 3.39. The predicted molar refractivity (Wildman–Crippen MR) is 64.6 cm³/mol. The van der Waals surface area contributed by atoms with Gasteiger partial charge in [-0.1, -0.05) is 46.2 Å². The van der Waals surface area contributed by atoms with E-state index in [2.05, 4.69) is 44.6 Å². The van der Waals surface area contributed by atoms with Gasteiger partial charge in [0.2, 0.25) is 0 Å². The standard InChI is InChI=1S/C12H19ClN2/c1-7(2)9-10(12(4,5)6)14-8(3)15-11(9)13/h7H,1-6H3. The minimum absolute atomic E-state index is 0.0109. The molecule has 2 nitrogen and oxygen atoms in total. The Morgan fingerprint density at radius 3 is 2.07 bits per heavy atom. The van der Waals surface area contributed by atoms with Crippen LogP contribution in [0.1, 0.15) is 57.6 Å². The monoisotopic (exact) mass is 226 g/mol. The molecule has 1 heterocycles. The van der Waals surface area contributed by atoms with Gasteiger partial charge in [0.25, 0.3) is 0 Å². The zero-order chi connectivity index (χ0) is 11.8. The van der Waals surface area contributed by atoms with E-state index in [1.54, 1.807) is 0 Å². The number of halogens is 1. The van der Waals surface area contributed by atoms with Crippen molar-refractivity contribution in [3.8, 4) is 0 Å². The first-order valence-electron chi connectivity index (χ1n) is 5.28. The Morgan fingerprint density at radius 1 is 1.13 bits per heavy atom. The topological polar surface area (TPSA) is 25.8 Å². The van der Waals surface area contributed by atoms with E-state index < -0.39 is 0 Å². The Balaban J connectivity index is 3.47. The molecule has 0 fully saturated rings. The summed E-state index contributed by atoms with van der Waals surface area (Å²) in [6.07, 6.45) is 0. The molecule has 0 N–H and O–H groups in total. The second-order valence-corrected chi connectivity index (χ2v) is 5.59. The molecule has 84 valence electrons. The zero-order valence-electron chi connectivity index (χ0n) is 10.3. The van der Waals surface area contributed by atoms with Gasteiger partial charge < -0.3 is 0 Å². The van der Waals surface area contributed by atoms with Crippen molar-refractivity contribution in [3.05, 3.63) is 22.2 Å². The van der Waals surface area contributed by atoms with E-state index in [4.69, 9.17) is 11.6 Å². The molecule has 0 amide bonds. The molecule has 0 aliphatic carbocycles. The average molecular weight is 227 g/mol. The molecule has 0 aliphatic rings. The Hall–Kier alpha value is -0.630. The molecule has 0 unspecified atom stereocenters. The highest BCUT2D eigenvalue weighted by Gasteiger charge is 2.24. The van der Waals surface area contributed by atoms with Gasteiger partial charge in [0.05, 0.1) is 5.69 Å². The van der Waals surface area contributed by atoms with Crippen LogP contribution < -0.4 is 0 Å². The third-order valence-electron chi connectivity index (χ3n) is 2.30. The summed E-state index contributed by atoms with van der Waals surface area (Å²) >= 11 is 6.18. The lowest BCUT2D eigenvalue weighted by Gasteiger charge is -2.24. The molecule has 15 heavy (non-hydrogen) atoms. The highest BCUT2D eigenvalue weighted by atomic mass is 35.5. The van der Waals surface area contributed by atoms with Crippen LogP contribution in [0.25, 0.3) is 0 Å². The highest BCUT2D eigenvalue weighted by molar-refractivity contribution is 6.30. The Labute approximate surface area is 97.1 Å². The quantitative estimate of drug-likeness (QED) is 0.680. The van der Waals surface area contributed by atoms with Crippen LogP contribution in [0.15, 0.2) is 0 Å². The normalized spacial score (nSPS) is 12.3. The molecule has 0 aliphatic heterocycles. The lowest BCUT2D eigenvalue weighted by molar-refractivity contribution is 0.549.